The second-order valence-corrected chi connectivity index (χ2v) is 4.76. The van der Waals surface area contributed by atoms with Crippen molar-refractivity contribution in [2.45, 2.75) is 19.9 Å². The lowest BCUT2D eigenvalue weighted by Gasteiger charge is -2.07. The molecule has 4 nitrogen and oxygen atoms in total. The summed E-state index contributed by atoms with van der Waals surface area (Å²) in [5, 5.41) is 10.1. The fourth-order valence-electron chi connectivity index (χ4n) is 2.50. The molecule has 0 saturated carbocycles. The molecule has 0 bridgehead atoms. The van der Waals surface area contributed by atoms with Crippen LogP contribution in [-0.2, 0) is 13.0 Å². The smallest absolute Gasteiger partial charge is 0.338 e. The minimum atomic E-state index is -0.966. The molecule has 0 spiro atoms. The minimum Gasteiger partial charge on any atom is -0.478 e. The van der Waals surface area contributed by atoms with Crippen molar-refractivity contribution < 1.29 is 14.3 Å². The van der Waals surface area contributed by atoms with Crippen molar-refractivity contribution in [3.8, 4) is 0 Å². The Kier molecular flexibility index (Phi) is 3.06. The largest absolute Gasteiger partial charge is 0.478 e. The van der Waals surface area contributed by atoms with E-state index >= 15 is 0 Å². The third-order valence-corrected chi connectivity index (χ3v) is 3.48. The number of nitrogens with zero attached hydrogens (tertiary/aromatic N) is 1. The molecule has 1 N–H and O–H groups in total. The van der Waals surface area contributed by atoms with Gasteiger partial charge in [-0.2, -0.15) is 0 Å². The molecule has 0 aliphatic rings. The van der Waals surface area contributed by atoms with Crippen molar-refractivity contribution in [3.05, 3.63) is 59.7 Å². The summed E-state index contributed by atoms with van der Waals surface area (Å²) in [5.41, 5.74) is 2.65. The van der Waals surface area contributed by atoms with Crippen LogP contribution in [0.2, 0.25) is 0 Å². The van der Waals surface area contributed by atoms with E-state index in [0.717, 1.165) is 6.42 Å². The van der Waals surface area contributed by atoms with Crippen molar-refractivity contribution in [3.63, 3.8) is 0 Å². The third kappa shape index (κ3) is 2.09. The normalized spacial score (nSPS) is 11.1. The zero-order chi connectivity index (χ0) is 14.1. The van der Waals surface area contributed by atoms with Crippen LogP contribution in [0.15, 0.2) is 47.2 Å². The summed E-state index contributed by atoms with van der Waals surface area (Å²) in [6, 6.07) is 9.89. The number of hydrogen-bond acceptors (Lipinski definition) is 2. The van der Waals surface area contributed by atoms with Crippen molar-refractivity contribution in [2.24, 2.45) is 0 Å². The number of fused-ring (bicyclic) bond motifs is 1. The Labute approximate surface area is 116 Å². The van der Waals surface area contributed by atoms with Gasteiger partial charge >= 0.3 is 5.97 Å². The monoisotopic (exact) mass is 269 g/mol. The van der Waals surface area contributed by atoms with Gasteiger partial charge in [0.15, 0.2) is 0 Å². The van der Waals surface area contributed by atoms with E-state index in [4.69, 9.17) is 9.52 Å². The van der Waals surface area contributed by atoms with E-state index in [1.54, 1.807) is 6.07 Å². The zero-order valence-corrected chi connectivity index (χ0v) is 11.2. The molecule has 102 valence electrons. The van der Waals surface area contributed by atoms with E-state index in [1.807, 2.05) is 6.20 Å². The number of carbonyl (C=O) groups is 1. The molecule has 0 aliphatic heterocycles. The molecule has 3 aromatic rings. The van der Waals surface area contributed by atoms with Crippen LogP contribution < -0.4 is 0 Å². The van der Waals surface area contributed by atoms with Crippen molar-refractivity contribution in [1.29, 1.82) is 0 Å². The first-order valence-corrected chi connectivity index (χ1v) is 6.56. The van der Waals surface area contributed by atoms with Crippen molar-refractivity contribution in [2.75, 3.05) is 0 Å². The van der Waals surface area contributed by atoms with Crippen LogP contribution in [0.1, 0.15) is 28.6 Å². The number of carboxylic acid groups (broad SMARTS) is 1. The lowest BCUT2D eigenvalue weighted by molar-refractivity contribution is 0.0696. The van der Waals surface area contributed by atoms with Crippen molar-refractivity contribution in [1.82, 2.24) is 4.57 Å². The van der Waals surface area contributed by atoms with Crippen LogP contribution in [0.5, 0.6) is 0 Å². The fraction of sp³-hybridized carbons (Fsp3) is 0.188. The Hall–Kier alpha value is -2.49. The Morgan fingerprint density at radius 3 is 2.90 bits per heavy atom. The number of aryl methyl sites for hydroxylation is 1. The number of aromatic carboxylic acids is 1. The average Bonchev–Trinajstić information content (AvgIpc) is 3.06. The van der Waals surface area contributed by atoms with Crippen LogP contribution in [0.4, 0.5) is 0 Å². The van der Waals surface area contributed by atoms with Gasteiger partial charge in [-0.15, -0.1) is 0 Å². The standard InChI is InChI=1S/C16H15NO3/c1-2-11-4-3-5-12-6-7-17(15(11)12)9-14-8-13(10-20-14)16(18)19/h3-8,10H,2,9H2,1H3,(H,18,19). The Balaban J connectivity index is 1.99. The molecule has 0 unspecified atom stereocenters. The quantitative estimate of drug-likeness (QED) is 0.788. The first kappa shape index (κ1) is 12.5. The molecule has 0 saturated heterocycles. The van der Waals surface area contributed by atoms with Gasteiger partial charge in [0.05, 0.1) is 17.6 Å². The van der Waals surface area contributed by atoms with Crippen LogP contribution in [0.25, 0.3) is 10.9 Å². The molecule has 2 heterocycles. The third-order valence-electron chi connectivity index (χ3n) is 3.48. The summed E-state index contributed by atoms with van der Waals surface area (Å²) in [4.78, 5) is 10.9. The van der Waals surface area contributed by atoms with Crippen LogP contribution in [-0.4, -0.2) is 15.6 Å². The van der Waals surface area contributed by atoms with Gasteiger partial charge in [0.25, 0.3) is 0 Å². The summed E-state index contributed by atoms with van der Waals surface area (Å²) < 4.78 is 7.42. The van der Waals surface area contributed by atoms with Gasteiger partial charge in [-0.05, 0) is 29.5 Å². The molecular formula is C16H15NO3. The summed E-state index contributed by atoms with van der Waals surface area (Å²) in [6.07, 6.45) is 4.25. The molecule has 0 fully saturated rings. The molecule has 0 aliphatic carbocycles. The number of para-hydroxylation sites is 1. The first-order valence-electron chi connectivity index (χ1n) is 6.56. The van der Waals surface area contributed by atoms with Gasteiger partial charge in [-0.1, -0.05) is 25.1 Å². The van der Waals surface area contributed by atoms with Crippen LogP contribution >= 0.6 is 0 Å². The molecular weight excluding hydrogens is 254 g/mol. The molecule has 0 atom stereocenters. The highest BCUT2D eigenvalue weighted by molar-refractivity contribution is 5.87. The Bertz CT molecular complexity index is 767. The second kappa shape index (κ2) is 4.89. The maximum absolute atomic E-state index is 10.9. The predicted octanol–water partition coefficient (Wildman–Crippen LogP) is 3.54. The van der Waals surface area contributed by atoms with E-state index in [0.29, 0.717) is 12.3 Å². The maximum atomic E-state index is 10.9. The molecule has 4 heteroatoms. The summed E-state index contributed by atoms with van der Waals surface area (Å²) in [5.74, 6) is -0.322. The highest BCUT2D eigenvalue weighted by Crippen LogP contribution is 2.22. The summed E-state index contributed by atoms with van der Waals surface area (Å²) in [6.45, 7) is 2.66. The van der Waals surface area contributed by atoms with Crippen molar-refractivity contribution >= 4 is 16.9 Å². The van der Waals surface area contributed by atoms with Gasteiger partial charge in [-0.3, -0.25) is 0 Å². The summed E-state index contributed by atoms with van der Waals surface area (Å²) in [7, 11) is 0. The van der Waals surface area contributed by atoms with Gasteiger partial charge in [0.2, 0.25) is 0 Å². The van der Waals surface area contributed by atoms with Gasteiger partial charge in [-0.25, -0.2) is 4.79 Å². The second-order valence-electron chi connectivity index (χ2n) is 4.76. The van der Waals surface area contributed by atoms with Gasteiger partial charge in [0, 0.05) is 6.20 Å². The topological polar surface area (TPSA) is 55.4 Å². The van der Waals surface area contributed by atoms with Gasteiger partial charge in [0.1, 0.15) is 12.0 Å². The van der Waals surface area contributed by atoms with Crippen LogP contribution in [0, 0.1) is 0 Å². The SMILES string of the molecule is CCc1cccc2ccn(Cc3cc(C(=O)O)co3)c12. The predicted molar refractivity (Wildman–Crippen MR) is 76.1 cm³/mol. The number of furan rings is 1. The molecule has 3 rings (SSSR count). The van der Waals surface area contributed by atoms with E-state index in [2.05, 4.69) is 35.8 Å². The van der Waals surface area contributed by atoms with E-state index in [1.165, 1.54) is 22.7 Å². The minimum absolute atomic E-state index is 0.187. The molecule has 1 aromatic carbocycles. The maximum Gasteiger partial charge on any atom is 0.338 e. The molecule has 20 heavy (non-hydrogen) atoms. The molecule has 0 radical (unpaired) electrons. The van der Waals surface area contributed by atoms with E-state index in [9.17, 15) is 4.79 Å². The number of aromatic nitrogens is 1. The summed E-state index contributed by atoms with van der Waals surface area (Å²) >= 11 is 0. The fourth-order valence-corrected chi connectivity index (χ4v) is 2.50. The average molecular weight is 269 g/mol. The lowest BCUT2D eigenvalue weighted by atomic mass is 10.1. The Morgan fingerprint density at radius 1 is 1.35 bits per heavy atom. The molecule has 2 aromatic heterocycles. The molecule has 0 amide bonds. The first-order chi connectivity index (χ1) is 9.69. The highest BCUT2D eigenvalue weighted by atomic mass is 16.4. The van der Waals surface area contributed by atoms with E-state index in [-0.39, 0.29) is 5.56 Å². The lowest BCUT2D eigenvalue weighted by Crippen LogP contribution is -1.99. The Morgan fingerprint density at radius 2 is 2.20 bits per heavy atom. The number of benzene rings is 1. The highest BCUT2D eigenvalue weighted by Gasteiger charge is 2.11. The van der Waals surface area contributed by atoms with Gasteiger partial charge < -0.3 is 14.1 Å². The van der Waals surface area contributed by atoms with Crippen LogP contribution in [0.3, 0.4) is 0 Å². The number of hydrogen-bond donors (Lipinski definition) is 1. The van der Waals surface area contributed by atoms with E-state index < -0.39 is 5.97 Å². The number of carboxylic acids is 1. The zero-order valence-electron chi connectivity index (χ0n) is 11.2. The number of rotatable bonds is 4.